The van der Waals surface area contributed by atoms with Crippen LogP contribution in [0.25, 0.3) is 6.08 Å². The number of hydrogen-bond acceptors (Lipinski definition) is 4. The van der Waals surface area contributed by atoms with Crippen molar-refractivity contribution in [3.05, 3.63) is 63.9 Å². The van der Waals surface area contributed by atoms with E-state index in [9.17, 15) is 10.1 Å². The minimum absolute atomic E-state index is 0.0651. The van der Waals surface area contributed by atoms with Crippen molar-refractivity contribution < 1.29 is 14.4 Å². The highest BCUT2D eigenvalue weighted by Gasteiger charge is 2.46. The third-order valence-corrected chi connectivity index (χ3v) is 4.11. The van der Waals surface area contributed by atoms with Gasteiger partial charge in [0.1, 0.15) is 5.76 Å². The van der Waals surface area contributed by atoms with Gasteiger partial charge >= 0.3 is 0 Å². The smallest absolute Gasteiger partial charge is 0.214 e. The van der Waals surface area contributed by atoms with Crippen molar-refractivity contribution >= 4 is 6.08 Å². The predicted molar refractivity (Wildman–Crippen MR) is 93.7 cm³/mol. The Bertz CT molecular complexity index is 609. The maximum absolute atomic E-state index is 11.2. The first kappa shape index (κ1) is 18.2. The largest absolute Gasteiger partial charge is 0.468 e. The Morgan fingerprint density at radius 2 is 2.08 bits per heavy atom. The van der Waals surface area contributed by atoms with E-state index in [0.29, 0.717) is 12.4 Å². The normalized spacial score (nSPS) is 25.0. The molecule has 5 nitrogen and oxygen atoms in total. The summed E-state index contributed by atoms with van der Waals surface area (Å²) in [5, 5.41) is 11.2. The van der Waals surface area contributed by atoms with Gasteiger partial charge in [-0.1, -0.05) is 56.3 Å². The number of rotatable bonds is 7. The van der Waals surface area contributed by atoms with Crippen LogP contribution in [0.5, 0.6) is 0 Å². The second kappa shape index (κ2) is 8.11. The second-order valence-corrected chi connectivity index (χ2v) is 6.65. The van der Waals surface area contributed by atoms with Crippen molar-refractivity contribution in [2.75, 3.05) is 13.2 Å². The topological polar surface area (TPSA) is 61.6 Å². The van der Waals surface area contributed by atoms with Gasteiger partial charge in [-0.2, -0.15) is 0 Å². The van der Waals surface area contributed by atoms with Crippen LogP contribution < -0.4 is 0 Å². The summed E-state index contributed by atoms with van der Waals surface area (Å²) in [7, 11) is 0. The molecular formula is C19H25NO4. The number of benzene rings is 1. The van der Waals surface area contributed by atoms with Crippen LogP contribution in [0.2, 0.25) is 0 Å². The van der Waals surface area contributed by atoms with Gasteiger partial charge in [-0.3, -0.25) is 10.1 Å². The molecule has 0 bridgehead atoms. The fourth-order valence-corrected chi connectivity index (χ4v) is 3.05. The molecule has 0 unspecified atom stereocenters. The van der Waals surface area contributed by atoms with Crippen molar-refractivity contribution in [2.24, 2.45) is 17.8 Å². The van der Waals surface area contributed by atoms with E-state index in [4.69, 9.17) is 9.47 Å². The van der Waals surface area contributed by atoms with E-state index in [2.05, 4.69) is 6.58 Å². The van der Waals surface area contributed by atoms with Gasteiger partial charge in [-0.25, -0.2) is 0 Å². The van der Waals surface area contributed by atoms with Crippen LogP contribution in [0.15, 0.2) is 48.2 Å². The van der Waals surface area contributed by atoms with Crippen molar-refractivity contribution in [2.45, 2.75) is 27.1 Å². The summed E-state index contributed by atoms with van der Waals surface area (Å²) in [5.74, 6) is 0.468. The lowest BCUT2D eigenvalue weighted by Gasteiger charge is -2.23. The van der Waals surface area contributed by atoms with Crippen LogP contribution in [0.3, 0.4) is 0 Å². The molecule has 1 fully saturated rings. The zero-order chi connectivity index (χ0) is 17.7. The molecule has 1 aromatic carbocycles. The van der Waals surface area contributed by atoms with Crippen LogP contribution in [0.4, 0.5) is 0 Å². The van der Waals surface area contributed by atoms with Gasteiger partial charge in [-0.05, 0) is 24.5 Å². The van der Waals surface area contributed by atoms with Gasteiger partial charge in [-0.15, -0.1) is 0 Å². The Kier molecular flexibility index (Phi) is 6.15. The maximum Gasteiger partial charge on any atom is 0.214 e. The lowest BCUT2D eigenvalue weighted by molar-refractivity contribution is -0.488. The summed E-state index contributed by atoms with van der Waals surface area (Å²) >= 11 is 0. The molecule has 1 aliphatic heterocycles. The van der Waals surface area contributed by atoms with Crippen LogP contribution in [0, 0.1) is 27.9 Å². The molecule has 3 atom stereocenters. The standard InChI is InChI=1S/C19H25NO4/c1-13(2)12-23-19-18(14(3)4)16(11-20(21)22)17(24-19)10-15-8-6-5-7-9-15/h5-10,14,16,18-19H,1,11-12H2,2-4H3/b17-10-/t16-,18-,19+/m1/s1. The van der Waals surface area contributed by atoms with Gasteiger partial charge < -0.3 is 9.47 Å². The summed E-state index contributed by atoms with van der Waals surface area (Å²) in [4.78, 5) is 10.9. The Hall–Kier alpha value is -2.14. The van der Waals surface area contributed by atoms with Gasteiger partial charge in [0.2, 0.25) is 12.8 Å². The molecule has 0 radical (unpaired) electrons. The quantitative estimate of drug-likeness (QED) is 0.428. The van der Waals surface area contributed by atoms with Crippen molar-refractivity contribution in [1.29, 1.82) is 0 Å². The summed E-state index contributed by atoms with van der Waals surface area (Å²) in [6.45, 7) is 10.0. The minimum atomic E-state index is -0.485. The van der Waals surface area contributed by atoms with Crippen molar-refractivity contribution in [1.82, 2.24) is 0 Å². The molecule has 0 aliphatic carbocycles. The van der Waals surface area contributed by atoms with Gasteiger partial charge in [0, 0.05) is 10.8 Å². The number of hydrogen-bond donors (Lipinski definition) is 0. The Morgan fingerprint density at radius 3 is 2.62 bits per heavy atom. The highest BCUT2D eigenvalue weighted by molar-refractivity contribution is 5.52. The van der Waals surface area contributed by atoms with Crippen molar-refractivity contribution in [3.8, 4) is 0 Å². The molecule has 0 saturated carbocycles. The molecule has 0 spiro atoms. The van der Waals surface area contributed by atoms with Crippen LogP contribution in [-0.2, 0) is 9.47 Å². The number of nitro groups is 1. The molecular weight excluding hydrogens is 306 g/mol. The lowest BCUT2D eigenvalue weighted by atomic mass is 9.83. The van der Waals surface area contributed by atoms with E-state index in [-0.39, 0.29) is 29.2 Å². The zero-order valence-corrected chi connectivity index (χ0v) is 14.5. The van der Waals surface area contributed by atoms with Crippen molar-refractivity contribution in [3.63, 3.8) is 0 Å². The molecule has 0 amide bonds. The SMILES string of the molecule is C=C(C)CO[C@H]1O/C(=C\c2ccccc2)[C@@H](C[N+](=O)[O-])[C@H]1C(C)C. The van der Waals surface area contributed by atoms with Crippen LogP contribution >= 0.6 is 0 Å². The summed E-state index contributed by atoms with van der Waals surface area (Å²) in [6, 6.07) is 9.69. The highest BCUT2D eigenvalue weighted by atomic mass is 16.7. The molecule has 0 N–H and O–H groups in total. The summed E-state index contributed by atoms with van der Waals surface area (Å²) in [5.41, 5.74) is 1.86. The molecule has 24 heavy (non-hydrogen) atoms. The summed E-state index contributed by atoms with van der Waals surface area (Å²) in [6.07, 6.45) is 1.40. The minimum Gasteiger partial charge on any atom is -0.468 e. The molecule has 1 saturated heterocycles. The molecule has 0 aromatic heterocycles. The zero-order valence-electron chi connectivity index (χ0n) is 14.5. The van der Waals surface area contributed by atoms with Gasteiger partial charge in [0.15, 0.2) is 0 Å². The Balaban J connectivity index is 2.31. The molecule has 130 valence electrons. The van der Waals surface area contributed by atoms with E-state index in [1.54, 1.807) is 0 Å². The fourth-order valence-electron chi connectivity index (χ4n) is 3.05. The van der Waals surface area contributed by atoms with Crippen LogP contribution in [-0.4, -0.2) is 24.4 Å². The Labute approximate surface area is 143 Å². The maximum atomic E-state index is 11.2. The van der Waals surface area contributed by atoms with Gasteiger partial charge in [0.25, 0.3) is 0 Å². The fraction of sp³-hybridized carbons (Fsp3) is 0.474. The first-order valence-electron chi connectivity index (χ1n) is 8.19. The predicted octanol–water partition coefficient (Wildman–Crippen LogP) is 4.14. The third kappa shape index (κ3) is 4.68. The first-order chi connectivity index (χ1) is 11.4. The third-order valence-electron chi connectivity index (χ3n) is 4.11. The monoisotopic (exact) mass is 331 g/mol. The molecule has 2 rings (SSSR count). The lowest BCUT2D eigenvalue weighted by Crippen LogP contribution is -2.31. The molecule has 1 aromatic rings. The van der Waals surface area contributed by atoms with E-state index < -0.39 is 6.29 Å². The summed E-state index contributed by atoms with van der Waals surface area (Å²) < 4.78 is 11.8. The van der Waals surface area contributed by atoms with E-state index >= 15 is 0 Å². The number of ether oxygens (including phenoxy) is 2. The van der Waals surface area contributed by atoms with Gasteiger partial charge in [0.05, 0.1) is 12.5 Å². The average Bonchev–Trinajstić information content (AvgIpc) is 2.83. The number of nitrogens with zero attached hydrogens (tertiary/aromatic N) is 1. The Morgan fingerprint density at radius 1 is 1.42 bits per heavy atom. The van der Waals surface area contributed by atoms with E-state index in [0.717, 1.165) is 11.1 Å². The molecule has 1 heterocycles. The highest BCUT2D eigenvalue weighted by Crippen LogP contribution is 2.41. The second-order valence-electron chi connectivity index (χ2n) is 6.65. The van der Waals surface area contributed by atoms with E-state index in [1.165, 1.54) is 0 Å². The first-order valence-corrected chi connectivity index (χ1v) is 8.19. The average molecular weight is 331 g/mol. The van der Waals surface area contributed by atoms with Crippen LogP contribution in [0.1, 0.15) is 26.3 Å². The van der Waals surface area contributed by atoms with E-state index in [1.807, 2.05) is 57.2 Å². The molecule has 5 heteroatoms. The molecule has 1 aliphatic rings.